The van der Waals surface area contributed by atoms with E-state index in [4.69, 9.17) is 4.42 Å². The van der Waals surface area contributed by atoms with Crippen molar-refractivity contribution in [2.75, 3.05) is 0 Å². The molecule has 3 nitrogen and oxygen atoms in total. The molecule has 2 aromatic carbocycles. The average molecular weight is 429 g/mol. The largest absolute Gasteiger partial charge is 0.455 e. The molecule has 4 heteroatoms. The van der Waals surface area contributed by atoms with Gasteiger partial charge in [-0.25, -0.2) is 0 Å². The first-order valence-corrected chi connectivity index (χ1v) is 8.62. The van der Waals surface area contributed by atoms with Crippen molar-refractivity contribution >= 4 is 40.3 Å². The molecule has 0 saturated carbocycles. The fourth-order valence-corrected chi connectivity index (χ4v) is 2.99. The van der Waals surface area contributed by atoms with Crippen LogP contribution in [0.3, 0.4) is 0 Å². The average Bonchev–Trinajstić information content (AvgIpc) is 3.03. The minimum Gasteiger partial charge on any atom is -0.455 e. The van der Waals surface area contributed by atoms with Gasteiger partial charge >= 0.3 is 0 Å². The van der Waals surface area contributed by atoms with E-state index in [-0.39, 0.29) is 5.78 Å². The van der Waals surface area contributed by atoms with E-state index in [1.165, 1.54) is 3.57 Å². The van der Waals surface area contributed by atoms with Crippen molar-refractivity contribution < 1.29 is 9.21 Å². The predicted molar refractivity (Wildman–Crippen MR) is 105 cm³/mol. The highest BCUT2D eigenvalue weighted by Crippen LogP contribution is 2.24. The summed E-state index contributed by atoms with van der Waals surface area (Å²) in [5.74, 6) is 1.51. The van der Waals surface area contributed by atoms with Crippen molar-refractivity contribution in [2.24, 2.45) is 4.99 Å². The Bertz CT molecular complexity index is 908. The minimum absolute atomic E-state index is 0.0571. The summed E-state index contributed by atoms with van der Waals surface area (Å²) in [5.41, 5.74) is 3.69. The quantitative estimate of drug-likeness (QED) is 0.298. The van der Waals surface area contributed by atoms with E-state index in [0.717, 1.165) is 22.6 Å². The minimum atomic E-state index is 0.0571. The van der Waals surface area contributed by atoms with Crippen LogP contribution in [-0.4, -0.2) is 12.0 Å². The predicted octanol–water partition coefficient (Wildman–Crippen LogP) is 5.81. The standard InChI is InChI=1S/C20H16INO2/c1-13-11-17(21)7-9-19(13)22-12-18-8-10-20(24-18)16-5-3-15(4-6-16)14(2)23/h3-12H,1-2H3. The lowest BCUT2D eigenvalue weighted by Crippen LogP contribution is -1.90. The van der Waals surface area contributed by atoms with Crippen molar-refractivity contribution in [1.82, 2.24) is 0 Å². The second-order valence-corrected chi connectivity index (χ2v) is 6.77. The smallest absolute Gasteiger partial charge is 0.159 e. The fraction of sp³-hybridized carbons (Fsp3) is 0.100. The first kappa shape index (κ1) is 16.6. The molecule has 0 amide bonds. The van der Waals surface area contributed by atoms with Gasteiger partial charge in [-0.3, -0.25) is 9.79 Å². The maximum Gasteiger partial charge on any atom is 0.159 e. The van der Waals surface area contributed by atoms with Crippen LogP contribution in [0.5, 0.6) is 0 Å². The number of benzene rings is 2. The Morgan fingerprint density at radius 1 is 1.08 bits per heavy atom. The lowest BCUT2D eigenvalue weighted by molar-refractivity contribution is 0.101. The summed E-state index contributed by atoms with van der Waals surface area (Å²) in [6.45, 7) is 3.60. The highest BCUT2D eigenvalue weighted by Gasteiger charge is 2.05. The van der Waals surface area contributed by atoms with E-state index in [0.29, 0.717) is 11.3 Å². The Labute approximate surface area is 154 Å². The normalized spacial score (nSPS) is 11.1. The maximum atomic E-state index is 11.3. The first-order valence-electron chi connectivity index (χ1n) is 7.54. The van der Waals surface area contributed by atoms with Gasteiger partial charge in [-0.05, 0) is 72.3 Å². The molecule has 0 radical (unpaired) electrons. The molecule has 0 N–H and O–H groups in total. The molecule has 3 aromatic rings. The molecule has 0 atom stereocenters. The Morgan fingerprint density at radius 2 is 1.83 bits per heavy atom. The molecule has 0 bridgehead atoms. The van der Waals surface area contributed by atoms with E-state index in [1.807, 2.05) is 55.5 Å². The Balaban J connectivity index is 1.80. The molecule has 0 aliphatic heterocycles. The molecule has 0 spiro atoms. The van der Waals surface area contributed by atoms with E-state index >= 15 is 0 Å². The van der Waals surface area contributed by atoms with E-state index < -0.39 is 0 Å². The number of aryl methyl sites for hydroxylation is 1. The SMILES string of the molecule is CC(=O)c1ccc(-c2ccc(C=Nc3ccc(I)cc3C)o2)cc1. The fourth-order valence-electron chi connectivity index (χ4n) is 2.34. The Morgan fingerprint density at radius 3 is 2.50 bits per heavy atom. The van der Waals surface area contributed by atoms with Gasteiger partial charge in [-0.1, -0.05) is 24.3 Å². The molecular weight excluding hydrogens is 413 g/mol. The van der Waals surface area contributed by atoms with Gasteiger partial charge in [0.1, 0.15) is 11.5 Å². The monoisotopic (exact) mass is 429 g/mol. The number of carbonyl (C=O) groups excluding carboxylic acids is 1. The Hall–Kier alpha value is -2.21. The Kier molecular flexibility index (Phi) is 4.94. The van der Waals surface area contributed by atoms with Gasteiger partial charge in [0.2, 0.25) is 0 Å². The van der Waals surface area contributed by atoms with Crippen LogP contribution in [0.2, 0.25) is 0 Å². The number of rotatable bonds is 4. The van der Waals surface area contributed by atoms with Crippen LogP contribution >= 0.6 is 22.6 Å². The van der Waals surface area contributed by atoms with Gasteiger partial charge in [-0.15, -0.1) is 0 Å². The molecular formula is C20H16INO2. The second-order valence-electron chi connectivity index (χ2n) is 5.52. The lowest BCUT2D eigenvalue weighted by atomic mass is 10.1. The van der Waals surface area contributed by atoms with Gasteiger partial charge in [0, 0.05) is 14.7 Å². The van der Waals surface area contributed by atoms with Gasteiger partial charge < -0.3 is 4.42 Å². The lowest BCUT2D eigenvalue weighted by Gasteiger charge is -2.00. The number of Topliss-reactive ketones (excluding diaryl/α,β-unsaturated/α-hetero) is 1. The third-order valence-electron chi connectivity index (χ3n) is 3.69. The zero-order valence-corrected chi connectivity index (χ0v) is 15.6. The van der Waals surface area contributed by atoms with Gasteiger partial charge in [-0.2, -0.15) is 0 Å². The molecule has 0 fully saturated rings. The van der Waals surface area contributed by atoms with E-state index in [9.17, 15) is 4.79 Å². The van der Waals surface area contributed by atoms with Crippen molar-refractivity contribution in [2.45, 2.75) is 13.8 Å². The number of furan rings is 1. The number of carbonyl (C=O) groups is 1. The zero-order chi connectivity index (χ0) is 17.1. The zero-order valence-electron chi connectivity index (χ0n) is 13.4. The topological polar surface area (TPSA) is 42.6 Å². The molecule has 0 aliphatic rings. The number of hydrogen-bond acceptors (Lipinski definition) is 3. The highest BCUT2D eigenvalue weighted by molar-refractivity contribution is 14.1. The molecule has 24 heavy (non-hydrogen) atoms. The van der Waals surface area contributed by atoms with Gasteiger partial charge in [0.25, 0.3) is 0 Å². The van der Waals surface area contributed by atoms with Crippen molar-refractivity contribution in [3.05, 3.63) is 75.1 Å². The molecule has 0 unspecified atom stereocenters. The van der Waals surface area contributed by atoms with Crippen LogP contribution in [-0.2, 0) is 0 Å². The number of ketones is 1. The highest BCUT2D eigenvalue weighted by atomic mass is 127. The van der Waals surface area contributed by atoms with Crippen LogP contribution in [0, 0.1) is 10.5 Å². The summed E-state index contributed by atoms with van der Waals surface area (Å²) in [6.07, 6.45) is 1.72. The van der Waals surface area contributed by atoms with Crippen molar-refractivity contribution in [3.8, 4) is 11.3 Å². The number of halogens is 1. The second kappa shape index (κ2) is 7.13. The van der Waals surface area contributed by atoms with Crippen LogP contribution < -0.4 is 0 Å². The van der Waals surface area contributed by atoms with Crippen LogP contribution in [0.25, 0.3) is 11.3 Å². The van der Waals surface area contributed by atoms with E-state index in [1.54, 1.807) is 13.1 Å². The molecule has 0 saturated heterocycles. The summed E-state index contributed by atoms with van der Waals surface area (Å²) in [5, 5.41) is 0. The van der Waals surface area contributed by atoms with E-state index in [2.05, 4.69) is 33.6 Å². The summed E-state index contributed by atoms with van der Waals surface area (Å²) in [7, 11) is 0. The summed E-state index contributed by atoms with van der Waals surface area (Å²) in [4.78, 5) is 15.8. The summed E-state index contributed by atoms with van der Waals surface area (Å²) in [6, 6.07) is 17.3. The molecule has 1 aromatic heterocycles. The third kappa shape index (κ3) is 3.82. The summed E-state index contributed by atoms with van der Waals surface area (Å²) < 4.78 is 7.01. The van der Waals surface area contributed by atoms with Crippen LogP contribution in [0.1, 0.15) is 28.6 Å². The molecule has 3 rings (SSSR count). The van der Waals surface area contributed by atoms with Crippen molar-refractivity contribution in [3.63, 3.8) is 0 Å². The third-order valence-corrected chi connectivity index (χ3v) is 4.36. The first-order chi connectivity index (χ1) is 11.5. The van der Waals surface area contributed by atoms with Crippen molar-refractivity contribution in [1.29, 1.82) is 0 Å². The molecule has 1 heterocycles. The van der Waals surface area contributed by atoms with Gasteiger partial charge in [0.15, 0.2) is 5.78 Å². The van der Waals surface area contributed by atoms with Crippen LogP contribution in [0.4, 0.5) is 5.69 Å². The summed E-state index contributed by atoms with van der Waals surface area (Å²) >= 11 is 2.29. The molecule has 0 aliphatic carbocycles. The number of hydrogen-bond donors (Lipinski definition) is 0. The number of aliphatic imine (C=N–C) groups is 1. The van der Waals surface area contributed by atoms with Gasteiger partial charge in [0.05, 0.1) is 11.9 Å². The maximum absolute atomic E-state index is 11.3. The number of nitrogens with zero attached hydrogens (tertiary/aromatic N) is 1. The molecule has 120 valence electrons. The van der Waals surface area contributed by atoms with Crippen LogP contribution in [0.15, 0.2) is 64.0 Å².